The van der Waals surface area contributed by atoms with Crippen LogP contribution in [-0.4, -0.2) is 43.7 Å². The fraction of sp³-hybridized carbons (Fsp3) is 0.462. The third-order valence-corrected chi connectivity index (χ3v) is 9.11. The molecule has 0 bridgehead atoms. The Morgan fingerprint density at radius 1 is 0.941 bits per heavy atom. The van der Waals surface area contributed by atoms with E-state index >= 15 is 0 Å². The van der Waals surface area contributed by atoms with Crippen LogP contribution >= 0.6 is 0 Å². The molecule has 0 radical (unpaired) electrons. The third-order valence-electron chi connectivity index (χ3n) is 7.21. The molecule has 0 spiro atoms. The molecule has 8 heteroatoms. The molecule has 0 aromatic heterocycles. The molecule has 180 valence electrons. The average Bonchev–Trinajstić information content (AvgIpc) is 3.62. The van der Waals surface area contributed by atoms with Gasteiger partial charge in [-0.2, -0.15) is 4.31 Å². The number of carbonyl (C=O) groups is 2. The molecule has 2 aromatic carbocycles. The molecule has 1 saturated heterocycles. The first-order chi connectivity index (χ1) is 16.2. The molecule has 2 heterocycles. The van der Waals surface area contributed by atoms with Crippen LogP contribution in [0.25, 0.3) is 0 Å². The molecule has 7 nitrogen and oxygen atoms in total. The summed E-state index contributed by atoms with van der Waals surface area (Å²) in [7, 11) is -3.66. The number of anilines is 2. The van der Waals surface area contributed by atoms with Gasteiger partial charge in [0, 0.05) is 42.3 Å². The second-order valence-electron chi connectivity index (χ2n) is 9.86. The van der Waals surface area contributed by atoms with Crippen LogP contribution in [0.2, 0.25) is 0 Å². The number of amides is 2. The number of sulfonamides is 1. The summed E-state index contributed by atoms with van der Waals surface area (Å²) in [5, 5.41) is 2.94. The van der Waals surface area contributed by atoms with Crippen LogP contribution in [-0.2, 0) is 26.0 Å². The van der Waals surface area contributed by atoms with Crippen LogP contribution in [0, 0.1) is 18.8 Å². The number of benzene rings is 2. The zero-order valence-corrected chi connectivity index (χ0v) is 20.5. The minimum absolute atomic E-state index is 0.0452. The Hall–Kier alpha value is -2.71. The number of hydrogen-bond donors (Lipinski definition) is 1. The van der Waals surface area contributed by atoms with Crippen LogP contribution in [0.5, 0.6) is 0 Å². The van der Waals surface area contributed by atoms with Gasteiger partial charge in [0.2, 0.25) is 21.8 Å². The van der Waals surface area contributed by atoms with Crippen molar-refractivity contribution in [3.8, 4) is 0 Å². The van der Waals surface area contributed by atoms with Crippen molar-refractivity contribution in [3.05, 3.63) is 53.6 Å². The van der Waals surface area contributed by atoms with Gasteiger partial charge in [-0.15, -0.1) is 0 Å². The van der Waals surface area contributed by atoms with E-state index in [1.54, 1.807) is 18.2 Å². The van der Waals surface area contributed by atoms with Gasteiger partial charge >= 0.3 is 0 Å². The van der Waals surface area contributed by atoms with E-state index in [0.29, 0.717) is 32.4 Å². The van der Waals surface area contributed by atoms with E-state index < -0.39 is 10.0 Å². The van der Waals surface area contributed by atoms with Crippen LogP contribution in [0.4, 0.5) is 11.4 Å². The highest BCUT2D eigenvalue weighted by molar-refractivity contribution is 7.89. The van der Waals surface area contributed by atoms with E-state index in [-0.39, 0.29) is 34.6 Å². The molecule has 1 aliphatic carbocycles. The Bertz CT molecular complexity index is 1210. The van der Waals surface area contributed by atoms with Crippen molar-refractivity contribution in [2.75, 3.05) is 23.3 Å². The van der Waals surface area contributed by atoms with Crippen LogP contribution in [0.1, 0.15) is 43.7 Å². The zero-order chi connectivity index (χ0) is 24.0. The first-order valence-corrected chi connectivity index (χ1v) is 13.5. The molecule has 2 aliphatic heterocycles. The topological polar surface area (TPSA) is 86.8 Å². The minimum atomic E-state index is -3.66. The summed E-state index contributed by atoms with van der Waals surface area (Å²) in [6, 6.07) is 12.8. The van der Waals surface area contributed by atoms with Crippen LogP contribution in [0.15, 0.2) is 47.4 Å². The monoisotopic (exact) mass is 481 g/mol. The Labute approximate surface area is 201 Å². The summed E-state index contributed by atoms with van der Waals surface area (Å²) >= 11 is 0. The molecule has 1 atom stereocenters. The number of hydrogen-bond acceptors (Lipinski definition) is 4. The zero-order valence-electron chi connectivity index (χ0n) is 19.7. The van der Waals surface area contributed by atoms with E-state index in [1.807, 2.05) is 43.0 Å². The number of fused-ring (bicyclic) bond motifs is 1. The molecule has 1 saturated carbocycles. The maximum Gasteiger partial charge on any atom is 0.243 e. The number of piperidine rings is 1. The fourth-order valence-corrected chi connectivity index (χ4v) is 6.54. The summed E-state index contributed by atoms with van der Waals surface area (Å²) in [6.07, 6.45) is 3.54. The SMILES string of the molecule is Cc1ccc(NC(=O)C2CCN(S(=O)(=O)c3ccc4c(c3)C[C@H](C)N4C(=O)C3CC3)CC2)cc1. The third kappa shape index (κ3) is 4.36. The predicted molar refractivity (Wildman–Crippen MR) is 131 cm³/mol. The standard InChI is InChI=1S/C26H31N3O4S/c1-17-3-7-22(8-4-17)27-25(30)19-11-13-28(14-12-19)34(32,33)23-9-10-24-21(16-23)15-18(2)29(24)26(31)20-5-6-20/h3-4,7-10,16,18-20H,5-6,11-15H2,1-2H3,(H,27,30)/t18-/m0/s1. The van der Waals surface area contributed by atoms with Gasteiger partial charge in [-0.25, -0.2) is 8.42 Å². The molecule has 1 N–H and O–H groups in total. The summed E-state index contributed by atoms with van der Waals surface area (Å²) in [5.41, 5.74) is 3.64. The van der Waals surface area contributed by atoms with Crippen molar-refractivity contribution in [2.45, 2.75) is 56.9 Å². The van der Waals surface area contributed by atoms with Gasteiger partial charge in [-0.3, -0.25) is 9.59 Å². The quantitative estimate of drug-likeness (QED) is 0.705. The second-order valence-corrected chi connectivity index (χ2v) is 11.8. The Kier molecular flexibility index (Phi) is 5.98. The number of nitrogens with zero attached hydrogens (tertiary/aromatic N) is 2. The number of aryl methyl sites for hydroxylation is 1. The fourth-order valence-electron chi connectivity index (χ4n) is 5.02. The van der Waals surface area contributed by atoms with Gasteiger partial charge in [0.05, 0.1) is 4.90 Å². The highest BCUT2D eigenvalue weighted by Gasteiger charge is 2.40. The van der Waals surface area contributed by atoms with E-state index in [2.05, 4.69) is 5.32 Å². The van der Waals surface area contributed by atoms with Crippen LogP contribution in [0.3, 0.4) is 0 Å². The first-order valence-electron chi connectivity index (χ1n) is 12.1. The van der Waals surface area contributed by atoms with E-state index in [9.17, 15) is 18.0 Å². The summed E-state index contributed by atoms with van der Waals surface area (Å²) in [5.74, 6) is 0.0117. The lowest BCUT2D eigenvalue weighted by Crippen LogP contribution is -2.41. The van der Waals surface area contributed by atoms with Crippen molar-refractivity contribution < 1.29 is 18.0 Å². The molecule has 34 heavy (non-hydrogen) atoms. The van der Waals surface area contributed by atoms with Crippen molar-refractivity contribution in [3.63, 3.8) is 0 Å². The maximum absolute atomic E-state index is 13.3. The van der Waals surface area contributed by atoms with Gasteiger partial charge < -0.3 is 10.2 Å². The van der Waals surface area contributed by atoms with E-state index in [4.69, 9.17) is 0 Å². The number of nitrogens with one attached hydrogen (secondary N) is 1. The van der Waals surface area contributed by atoms with E-state index in [1.165, 1.54) is 4.31 Å². The normalized spacial score (nSPS) is 21.4. The van der Waals surface area contributed by atoms with E-state index in [0.717, 1.165) is 35.3 Å². The molecule has 0 unspecified atom stereocenters. The largest absolute Gasteiger partial charge is 0.326 e. The summed E-state index contributed by atoms with van der Waals surface area (Å²) < 4.78 is 28.2. The number of carbonyl (C=O) groups excluding carboxylic acids is 2. The molecule has 5 rings (SSSR count). The maximum atomic E-state index is 13.3. The van der Waals surface area contributed by atoms with Gasteiger partial charge in [-0.1, -0.05) is 17.7 Å². The first kappa shape index (κ1) is 23.1. The van der Waals surface area contributed by atoms with Crippen molar-refractivity contribution in [1.29, 1.82) is 0 Å². The number of rotatable bonds is 5. The lowest BCUT2D eigenvalue weighted by Gasteiger charge is -2.30. The molecular formula is C26H31N3O4S. The predicted octanol–water partition coefficient (Wildman–Crippen LogP) is 3.72. The van der Waals surface area contributed by atoms with Gasteiger partial charge in [-0.05, 0) is 81.8 Å². The average molecular weight is 482 g/mol. The lowest BCUT2D eigenvalue weighted by molar-refractivity contribution is -0.121. The van der Waals surface area contributed by atoms with Gasteiger partial charge in [0.15, 0.2) is 0 Å². The highest BCUT2D eigenvalue weighted by Crippen LogP contribution is 2.40. The van der Waals surface area contributed by atoms with Crippen LogP contribution < -0.4 is 10.2 Å². The molecule has 2 aromatic rings. The Morgan fingerprint density at radius 3 is 2.26 bits per heavy atom. The smallest absolute Gasteiger partial charge is 0.243 e. The summed E-state index contributed by atoms with van der Waals surface area (Å²) in [4.78, 5) is 27.5. The van der Waals surface area contributed by atoms with Gasteiger partial charge in [0.25, 0.3) is 0 Å². The minimum Gasteiger partial charge on any atom is -0.326 e. The highest BCUT2D eigenvalue weighted by atomic mass is 32.2. The van der Waals surface area contributed by atoms with Gasteiger partial charge in [0.1, 0.15) is 0 Å². The Balaban J connectivity index is 1.24. The molecule has 2 fully saturated rings. The lowest BCUT2D eigenvalue weighted by atomic mass is 9.97. The molecule has 3 aliphatic rings. The second kappa shape index (κ2) is 8.82. The molecule has 2 amide bonds. The Morgan fingerprint density at radius 2 is 1.62 bits per heavy atom. The van der Waals surface area contributed by atoms with Crippen molar-refractivity contribution in [2.24, 2.45) is 11.8 Å². The summed E-state index contributed by atoms with van der Waals surface area (Å²) in [6.45, 7) is 4.64. The molecular weight excluding hydrogens is 450 g/mol. The van der Waals surface area contributed by atoms with Crippen molar-refractivity contribution in [1.82, 2.24) is 4.31 Å². The van der Waals surface area contributed by atoms with Crippen molar-refractivity contribution >= 4 is 33.2 Å².